The molecule has 20 heavy (non-hydrogen) atoms. The van der Waals surface area contributed by atoms with Gasteiger partial charge in [0.15, 0.2) is 0 Å². The van der Waals surface area contributed by atoms with Crippen LogP contribution in [0.3, 0.4) is 0 Å². The Bertz CT molecular complexity index is 567. The van der Waals surface area contributed by atoms with Crippen LogP contribution in [-0.4, -0.2) is 4.57 Å². The summed E-state index contributed by atoms with van der Waals surface area (Å²) in [6, 6.07) is 11.0. The van der Waals surface area contributed by atoms with Crippen molar-refractivity contribution in [3.63, 3.8) is 0 Å². The van der Waals surface area contributed by atoms with Gasteiger partial charge < -0.3 is 9.88 Å². The molecule has 0 saturated heterocycles. The molecule has 2 aromatic rings. The first kappa shape index (κ1) is 14.9. The van der Waals surface area contributed by atoms with Gasteiger partial charge >= 0.3 is 0 Å². The smallest absolute Gasteiger partial charge is 0.0226 e. The highest BCUT2D eigenvalue weighted by atomic mass is 15.0. The molecule has 0 radical (unpaired) electrons. The molecule has 2 nitrogen and oxygen atoms in total. The summed E-state index contributed by atoms with van der Waals surface area (Å²) in [7, 11) is 0. The standard InChI is InChI=1S/C18H26N2/c1-5-16-9-7-8-10-17(16)12-19-13-18-11-14(3)20(6-2)15(18)4/h7-11,19H,5-6,12-13H2,1-4H3. The summed E-state index contributed by atoms with van der Waals surface area (Å²) in [6.45, 7) is 11.8. The van der Waals surface area contributed by atoms with Gasteiger partial charge in [-0.2, -0.15) is 0 Å². The van der Waals surface area contributed by atoms with Crippen molar-refractivity contribution in [2.45, 2.75) is 53.8 Å². The zero-order chi connectivity index (χ0) is 14.5. The van der Waals surface area contributed by atoms with Crippen LogP contribution in [0.25, 0.3) is 0 Å². The van der Waals surface area contributed by atoms with Crippen LogP contribution in [0.2, 0.25) is 0 Å². The van der Waals surface area contributed by atoms with Crippen LogP contribution in [0.4, 0.5) is 0 Å². The van der Waals surface area contributed by atoms with E-state index in [0.29, 0.717) is 0 Å². The van der Waals surface area contributed by atoms with E-state index in [2.05, 4.69) is 67.9 Å². The molecular formula is C18H26N2. The molecule has 0 aliphatic heterocycles. The Hall–Kier alpha value is -1.54. The van der Waals surface area contributed by atoms with Gasteiger partial charge in [-0.1, -0.05) is 31.2 Å². The predicted octanol–water partition coefficient (Wildman–Crippen LogP) is 3.98. The summed E-state index contributed by atoms with van der Waals surface area (Å²) in [4.78, 5) is 0. The van der Waals surface area contributed by atoms with Gasteiger partial charge in [-0.05, 0) is 49.9 Å². The third-order valence-corrected chi connectivity index (χ3v) is 4.12. The van der Waals surface area contributed by atoms with Crippen LogP contribution in [0, 0.1) is 13.8 Å². The third kappa shape index (κ3) is 3.13. The van der Waals surface area contributed by atoms with Crippen LogP contribution in [-0.2, 0) is 26.1 Å². The highest BCUT2D eigenvalue weighted by Crippen LogP contribution is 2.15. The number of nitrogens with zero attached hydrogens (tertiary/aromatic N) is 1. The maximum Gasteiger partial charge on any atom is 0.0226 e. The highest BCUT2D eigenvalue weighted by Gasteiger charge is 2.07. The Labute approximate surface area is 122 Å². The molecule has 108 valence electrons. The molecule has 0 fully saturated rings. The van der Waals surface area contributed by atoms with Gasteiger partial charge in [-0.15, -0.1) is 0 Å². The van der Waals surface area contributed by atoms with Gasteiger partial charge in [0.25, 0.3) is 0 Å². The lowest BCUT2D eigenvalue weighted by Crippen LogP contribution is -2.14. The van der Waals surface area contributed by atoms with E-state index in [1.807, 2.05) is 0 Å². The van der Waals surface area contributed by atoms with Gasteiger partial charge in [-0.25, -0.2) is 0 Å². The van der Waals surface area contributed by atoms with E-state index in [1.165, 1.54) is 28.1 Å². The number of rotatable bonds is 6. The molecule has 1 aromatic carbocycles. The lowest BCUT2D eigenvalue weighted by atomic mass is 10.1. The summed E-state index contributed by atoms with van der Waals surface area (Å²) < 4.78 is 2.37. The van der Waals surface area contributed by atoms with E-state index in [-0.39, 0.29) is 0 Å². The van der Waals surface area contributed by atoms with Gasteiger partial charge in [0.05, 0.1) is 0 Å². The van der Waals surface area contributed by atoms with E-state index in [4.69, 9.17) is 0 Å². The SMILES string of the molecule is CCc1ccccc1CNCc1cc(C)n(CC)c1C. The Morgan fingerprint density at radius 2 is 1.60 bits per heavy atom. The second-order valence-electron chi connectivity index (χ2n) is 5.37. The van der Waals surface area contributed by atoms with E-state index < -0.39 is 0 Å². The summed E-state index contributed by atoms with van der Waals surface area (Å²) in [5.74, 6) is 0. The third-order valence-electron chi connectivity index (χ3n) is 4.12. The van der Waals surface area contributed by atoms with E-state index >= 15 is 0 Å². The molecule has 0 bridgehead atoms. The summed E-state index contributed by atoms with van der Waals surface area (Å²) in [5, 5.41) is 3.58. The molecule has 1 heterocycles. The van der Waals surface area contributed by atoms with E-state index in [1.54, 1.807) is 0 Å². The minimum atomic E-state index is 0.942. The lowest BCUT2D eigenvalue weighted by Gasteiger charge is -2.10. The quantitative estimate of drug-likeness (QED) is 0.840. The number of aryl methyl sites for hydroxylation is 2. The Kier molecular flexibility index (Phi) is 5.02. The maximum atomic E-state index is 3.58. The average molecular weight is 270 g/mol. The van der Waals surface area contributed by atoms with Crippen molar-refractivity contribution in [2.24, 2.45) is 0 Å². The summed E-state index contributed by atoms with van der Waals surface area (Å²) in [5.41, 5.74) is 7.02. The van der Waals surface area contributed by atoms with Gasteiger partial charge in [0, 0.05) is 31.0 Å². The first-order valence-electron chi connectivity index (χ1n) is 7.60. The number of benzene rings is 1. The average Bonchev–Trinajstić information content (AvgIpc) is 2.73. The Morgan fingerprint density at radius 1 is 0.950 bits per heavy atom. The van der Waals surface area contributed by atoms with Crippen LogP contribution in [0.1, 0.15) is 41.9 Å². The van der Waals surface area contributed by atoms with Gasteiger partial charge in [0.1, 0.15) is 0 Å². The normalized spacial score (nSPS) is 11.0. The topological polar surface area (TPSA) is 17.0 Å². The van der Waals surface area contributed by atoms with Crippen molar-refractivity contribution in [1.29, 1.82) is 0 Å². The van der Waals surface area contributed by atoms with Gasteiger partial charge in [0.2, 0.25) is 0 Å². The van der Waals surface area contributed by atoms with Crippen molar-refractivity contribution >= 4 is 0 Å². The molecule has 0 atom stereocenters. The summed E-state index contributed by atoms with van der Waals surface area (Å²) >= 11 is 0. The van der Waals surface area contributed by atoms with Crippen LogP contribution >= 0.6 is 0 Å². The van der Waals surface area contributed by atoms with Crippen LogP contribution < -0.4 is 5.32 Å². The molecule has 0 spiro atoms. The van der Waals surface area contributed by atoms with Crippen molar-refractivity contribution in [2.75, 3.05) is 0 Å². The molecule has 0 saturated carbocycles. The van der Waals surface area contributed by atoms with E-state index in [0.717, 1.165) is 26.1 Å². The lowest BCUT2D eigenvalue weighted by molar-refractivity contribution is 0.672. The number of hydrogen-bond acceptors (Lipinski definition) is 1. The molecule has 2 rings (SSSR count). The number of nitrogens with one attached hydrogen (secondary N) is 1. The largest absolute Gasteiger partial charge is 0.349 e. The fourth-order valence-corrected chi connectivity index (χ4v) is 2.94. The molecule has 0 unspecified atom stereocenters. The fraction of sp³-hybridized carbons (Fsp3) is 0.444. The van der Waals surface area contributed by atoms with Gasteiger partial charge in [-0.3, -0.25) is 0 Å². The number of hydrogen-bond donors (Lipinski definition) is 1. The highest BCUT2D eigenvalue weighted by molar-refractivity contribution is 5.28. The minimum absolute atomic E-state index is 0.942. The molecule has 0 aliphatic rings. The first-order chi connectivity index (χ1) is 9.67. The van der Waals surface area contributed by atoms with E-state index in [9.17, 15) is 0 Å². The second kappa shape index (κ2) is 6.76. The monoisotopic (exact) mass is 270 g/mol. The fourth-order valence-electron chi connectivity index (χ4n) is 2.94. The molecule has 1 aromatic heterocycles. The minimum Gasteiger partial charge on any atom is -0.349 e. The first-order valence-corrected chi connectivity index (χ1v) is 7.60. The molecule has 2 heteroatoms. The van der Waals surface area contributed by atoms with Crippen LogP contribution in [0.5, 0.6) is 0 Å². The molecular weight excluding hydrogens is 244 g/mol. The Balaban J connectivity index is 2.00. The maximum absolute atomic E-state index is 3.58. The molecule has 0 aliphatic carbocycles. The molecule has 0 amide bonds. The van der Waals surface area contributed by atoms with Crippen molar-refractivity contribution in [1.82, 2.24) is 9.88 Å². The van der Waals surface area contributed by atoms with Crippen LogP contribution in [0.15, 0.2) is 30.3 Å². The van der Waals surface area contributed by atoms with Crippen molar-refractivity contribution < 1.29 is 0 Å². The zero-order valence-corrected chi connectivity index (χ0v) is 13.2. The summed E-state index contributed by atoms with van der Waals surface area (Å²) in [6.07, 6.45) is 1.10. The molecule has 1 N–H and O–H groups in total. The Morgan fingerprint density at radius 3 is 2.20 bits per heavy atom. The number of aromatic nitrogens is 1. The van der Waals surface area contributed by atoms with Crippen molar-refractivity contribution in [3.05, 3.63) is 58.4 Å². The zero-order valence-electron chi connectivity index (χ0n) is 13.2. The van der Waals surface area contributed by atoms with Crippen molar-refractivity contribution in [3.8, 4) is 0 Å². The predicted molar refractivity (Wildman–Crippen MR) is 85.9 cm³/mol. The second-order valence-corrected chi connectivity index (χ2v) is 5.37.